The number of aryl methyl sites for hydroxylation is 1. The maximum Gasteiger partial charge on any atom is 0.229 e. The second-order valence-corrected chi connectivity index (χ2v) is 7.45. The van der Waals surface area contributed by atoms with Crippen molar-refractivity contribution in [1.82, 2.24) is 10.2 Å². The minimum atomic E-state index is -0.0456. The highest BCUT2D eigenvalue weighted by Gasteiger charge is 2.26. The number of piperidine rings is 1. The number of ether oxygens (including phenoxy) is 1. The predicted octanol–water partition coefficient (Wildman–Crippen LogP) is 2.48. The van der Waals surface area contributed by atoms with Crippen molar-refractivity contribution in [3.05, 3.63) is 42.1 Å². The number of carbonyl (C=O) groups is 1. The Bertz CT molecular complexity index is 787. The molecule has 4 rings (SSSR count). The molecule has 3 heterocycles. The monoisotopic (exact) mass is 381 g/mol. The smallest absolute Gasteiger partial charge is 0.229 e. The summed E-state index contributed by atoms with van der Waals surface area (Å²) in [6.45, 7) is 6.86. The summed E-state index contributed by atoms with van der Waals surface area (Å²) in [5, 5.41) is 11.5. The van der Waals surface area contributed by atoms with Crippen molar-refractivity contribution in [1.29, 1.82) is 0 Å². The Morgan fingerprint density at radius 1 is 1.04 bits per heavy atom. The Morgan fingerprint density at radius 3 is 2.54 bits per heavy atom. The van der Waals surface area contributed by atoms with Crippen LogP contribution in [0.3, 0.4) is 0 Å². The zero-order valence-corrected chi connectivity index (χ0v) is 16.3. The fraction of sp³-hybridized carbons (Fsp3) is 0.476. The first-order chi connectivity index (χ1) is 13.7. The van der Waals surface area contributed by atoms with Crippen molar-refractivity contribution in [2.45, 2.75) is 19.8 Å². The van der Waals surface area contributed by atoms with E-state index in [1.807, 2.05) is 31.2 Å². The van der Waals surface area contributed by atoms with Crippen LogP contribution in [0.2, 0.25) is 0 Å². The maximum atomic E-state index is 12.8. The van der Waals surface area contributed by atoms with Crippen molar-refractivity contribution in [3.8, 4) is 0 Å². The minimum absolute atomic E-state index is 0.0456. The minimum Gasteiger partial charge on any atom is -0.378 e. The fourth-order valence-electron chi connectivity index (χ4n) is 3.78. The number of aromatic nitrogens is 2. The molecule has 0 radical (unpaired) electrons. The molecule has 2 aliphatic rings. The van der Waals surface area contributed by atoms with Crippen LogP contribution in [-0.2, 0) is 9.53 Å². The van der Waals surface area contributed by atoms with Gasteiger partial charge in [-0.05, 0) is 56.2 Å². The molecule has 148 valence electrons. The fourth-order valence-corrected chi connectivity index (χ4v) is 3.78. The Hall–Kier alpha value is -2.67. The number of nitrogens with one attached hydrogen (secondary N) is 1. The van der Waals surface area contributed by atoms with Crippen molar-refractivity contribution < 1.29 is 9.53 Å². The van der Waals surface area contributed by atoms with Crippen LogP contribution in [-0.4, -0.2) is 55.5 Å². The average molecular weight is 381 g/mol. The van der Waals surface area contributed by atoms with Gasteiger partial charge < -0.3 is 19.9 Å². The van der Waals surface area contributed by atoms with Crippen LogP contribution in [0, 0.1) is 12.8 Å². The predicted molar refractivity (Wildman–Crippen MR) is 110 cm³/mol. The third-order valence-electron chi connectivity index (χ3n) is 5.41. The molecule has 2 saturated heterocycles. The first-order valence-corrected chi connectivity index (χ1v) is 9.98. The van der Waals surface area contributed by atoms with E-state index in [0.29, 0.717) is 6.54 Å². The van der Waals surface area contributed by atoms with E-state index in [0.717, 1.165) is 62.9 Å². The number of carbonyl (C=O) groups excluding carboxylic acids is 1. The van der Waals surface area contributed by atoms with Crippen LogP contribution in [0.25, 0.3) is 0 Å². The Morgan fingerprint density at radius 2 is 1.82 bits per heavy atom. The van der Waals surface area contributed by atoms with Crippen LogP contribution in [0.1, 0.15) is 18.5 Å². The summed E-state index contributed by atoms with van der Waals surface area (Å²) in [7, 11) is 0. The van der Waals surface area contributed by atoms with Crippen LogP contribution in [0.5, 0.6) is 0 Å². The van der Waals surface area contributed by atoms with Gasteiger partial charge in [-0.25, -0.2) is 0 Å². The SMILES string of the molecule is Cc1ccc(N2CCCC(C(=O)Nc3ccc(N4CCOCC4)cc3)C2)nn1. The van der Waals surface area contributed by atoms with Gasteiger partial charge in [0.2, 0.25) is 5.91 Å². The Balaban J connectivity index is 1.35. The summed E-state index contributed by atoms with van der Waals surface area (Å²) in [4.78, 5) is 17.2. The zero-order valence-electron chi connectivity index (χ0n) is 16.3. The third kappa shape index (κ3) is 4.42. The van der Waals surface area contributed by atoms with E-state index >= 15 is 0 Å². The molecule has 28 heavy (non-hydrogen) atoms. The summed E-state index contributed by atoms with van der Waals surface area (Å²) >= 11 is 0. The van der Waals surface area contributed by atoms with Crippen molar-refractivity contribution in [3.63, 3.8) is 0 Å². The molecule has 2 aliphatic heterocycles. The van der Waals surface area contributed by atoms with E-state index in [1.54, 1.807) is 0 Å². The highest BCUT2D eigenvalue weighted by molar-refractivity contribution is 5.93. The third-order valence-corrected chi connectivity index (χ3v) is 5.41. The van der Waals surface area contributed by atoms with E-state index < -0.39 is 0 Å². The molecule has 1 unspecified atom stereocenters. The van der Waals surface area contributed by atoms with E-state index in [2.05, 4.69) is 37.4 Å². The second-order valence-electron chi connectivity index (χ2n) is 7.45. The van der Waals surface area contributed by atoms with Crippen LogP contribution >= 0.6 is 0 Å². The lowest BCUT2D eigenvalue weighted by molar-refractivity contribution is -0.120. The Labute approximate surface area is 165 Å². The summed E-state index contributed by atoms with van der Waals surface area (Å²) in [5.41, 5.74) is 2.91. The number of nitrogens with zero attached hydrogens (tertiary/aromatic N) is 4. The number of hydrogen-bond donors (Lipinski definition) is 1. The van der Waals surface area contributed by atoms with Crippen LogP contribution < -0.4 is 15.1 Å². The molecule has 1 N–H and O–H groups in total. The number of rotatable bonds is 4. The van der Waals surface area contributed by atoms with Gasteiger partial charge in [0.15, 0.2) is 5.82 Å². The molecule has 2 fully saturated rings. The average Bonchev–Trinajstić information content (AvgIpc) is 2.75. The quantitative estimate of drug-likeness (QED) is 0.877. The van der Waals surface area contributed by atoms with Crippen LogP contribution in [0.15, 0.2) is 36.4 Å². The van der Waals surface area contributed by atoms with Crippen LogP contribution in [0.4, 0.5) is 17.2 Å². The van der Waals surface area contributed by atoms with Gasteiger partial charge in [0.05, 0.1) is 24.8 Å². The van der Waals surface area contributed by atoms with Crippen molar-refractivity contribution in [2.24, 2.45) is 5.92 Å². The molecule has 0 aliphatic carbocycles. The summed E-state index contributed by atoms with van der Waals surface area (Å²) in [6, 6.07) is 12.0. The first kappa shape index (κ1) is 18.7. The topological polar surface area (TPSA) is 70.6 Å². The number of hydrogen-bond acceptors (Lipinski definition) is 6. The molecule has 0 spiro atoms. The normalized spacial score (nSPS) is 20.1. The molecular weight excluding hydrogens is 354 g/mol. The number of anilines is 3. The van der Waals surface area contributed by atoms with Gasteiger partial charge in [-0.3, -0.25) is 4.79 Å². The van der Waals surface area contributed by atoms with Gasteiger partial charge in [-0.15, -0.1) is 5.10 Å². The molecule has 0 saturated carbocycles. The van der Waals surface area contributed by atoms with Crippen molar-refractivity contribution >= 4 is 23.1 Å². The van der Waals surface area contributed by atoms with E-state index in [-0.39, 0.29) is 11.8 Å². The largest absolute Gasteiger partial charge is 0.378 e. The lowest BCUT2D eigenvalue weighted by Gasteiger charge is -2.32. The molecule has 1 aromatic carbocycles. The zero-order chi connectivity index (χ0) is 19.3. The van der Waals surface area contributed by atoms with E-state index in [1.165, 1.54) is 5.69 Å². The molecular formula is C21H27N5O2. The molecule has 2 aromatic rings. The number of amides is 1. The molecule has 1 amide bonds. The van der Waals surface area contributed by atoms with Gasteiger partial charge >= 0.3 is 0 Å². The lowest BCUT2D eigenvalue weighted by atomic mass is 9.97. The van der Waals surface area contributed by atoms with Crippen molar-refractivity contribution in [2.75, 3.05) is 54.5 Å². The van der Waals surface area contributed by atoms with Gasteiger partial charge in [-0.1, -0.05) is 0 Å². The second kappa shape index (κ2) is 8.56. The van der Waals surface area contributed by atoms with Gasteiger partial charge in [0.25, 0.3) is 0 Å². The summed E-state index contributed by atoms with van der Waals surface area (Å²) in [5.74, 6) is 0.873. The molecule has 7 heteroatoms. The number of benzene rings is 1. The van der Waals surface area contributed by atoms with Gasteiger partial charge in [-0.2, -0.15) is 5.10 Å². The molecule has 0 bridgehead atoms. The Kier molecular flexibility index (Phi) is 5.71. The number of morpholine rings is 1. The maximum absolute atomic E-state index is 12.8. The summed E-state index contributed by atoms with van der Waals surface area (Å²) in [6.07, 6.45) is 1.87. The summed E-state index contributed by atoms with van der Waals surface area (Å²) < 4.78 is 5.40. The lowest BCUT2D eigenvalue weighted by Crippen LogP contribution is -2.41. The standard InChI is InChI=1S/C21H27N5O2/c1-16-4-9-20(24-23-16)26-10-2-3-17(15-26)21(27)22-18-5-7-19(8-6-18)25-11-13-28-14-12-25/h4-9,17H,2-3,10-15H2,1H3,(H,22,27). The first-order valence-electron chi connectivity index (χ1n) is 9.98. The van der Waals surface area contributed by atoms with E-state index in [4.69, 9.17) is 4.74 Å². The van der Waals surface area contributed by atoms with E-state index in [9.17, 15) is 4.79 Å². The highest BCUT2D eigenvalue weighted by atomic mass is 16.5. The molecule has 7 nitrogen and oxygen atoms in total. The molecule has 1 atom stereocenters. The molecule has 1 aromatic heterocycles. The van der Waals surface area contributed by atoms with Gasteiger partial charge in [0.1, 0.15) is 0 Å². The highest BCUT2D eigenvalue weighted by Crippen LogP contribution is 2.24. The van der Waals surface area contributed by atoms with Gasteiger partial charge in [0, 0.05) is 37.6 Å².